The first-order valence-corrected chi connectivity index (χ1v) is 10.8. The van der Waals surface area contributed by atoms with Crippen LogP contribution in [0.5, 0.6) is 0 Å². The number of nitrogens with zero attached hydrogens (tertiary/aromatic N) is 1. The van der Waals surface area contributed by atoms with Gasteiger partial charge in [0.2, 0.25) is 0 Å². The van der Waals surface area contributed by atoms with Crippen molar-refractivity contribution in [3.63, 3.8) is 0 Å². The molecule has 3 rings (SSSR count). The van der Waals surface area contributed by atoms with E-state index in [9.17, 15) is 18.0 Å². The largest absolute Gasteiger partial charge is 0.452 e. The summed E-state index contributed by atoms with van der Waals surface area (Å²) in [6.07, 6.45) is 3.43. The predicted molar refractivity (Wildman–Crippen MR) is 111 cm³/mol. The van der Waals surface area contributed by atoms with Crippen LogP contribution in [0, 0.1) is 0 Å². The zero-order valence-corrected chi connectivity index (χ0v) is 16.6. The van der Waals surface area contributed by atoms with Crippen molar-refractivity contribution in [1.29, 1.82) is 0 Å². The van der Waals surface area contributed by atoms with Crippen LogP contribution in [0.15, 0.2) is 60.0 Å². The third kappa shape index (κ3) is 6.18. The third-order valence-electron chi connectivity index (χ3n) is 4.41. The molecule has 0 spiro atoms. The van der Waals surface area contributed by atoms with Crippen molar-refractivity contribution in [1.82, 2.24) is 4.90 Å². The molecule has 0 atom stereocenters. The second kappa shape index (κ2) is 9.38. The van der Waals surface area contributed by atoms with Crippen molar-refractivity contribution >= 4 is 33.7 Å². The van der Waals surface area contributed by atoms with Crippen molar-refractivity contribution in [3.8, 4) is 0 Å². The Hall–Kier alpha value is -3.13. The summed E-state index contributed by atoms with van der Waals surface area (Å²) in [5, 5.41) is 1.08. The number of sulfonamides is 1. The van der Waals surface area contributed by atoms with Gasteiger partial charge in [-0.1, -0.05) is 30.3 Å². The quantitative estimate of drug-likeness (QED) is 0.704. The Morgan fingerprint density at radius 1 is 1.00 bits per heavy atom. The Bertz CT molecular complexity index is 979. The van der Waals surface area contributed by atoms with Gasteiger partial charge in [-0.25, -0.2) is 13.2 Å². The summed E-state index contributed by atoms with van der Waals surface area (Å²) in [4.78, 5) is 25.7. The van der Waals surface area contributed by atoms with E-state index < -0.39 is 16.0 Å². The van der Waals surface area contributed by atoms with Crippen molar-refractivity contribution in [2.75, 3.05) is 24.4 Å². The molecule has 0 aromatic heterocycles. The van der Waals surface area contributed by atoms with E-state index in [1.165, 1.54) is 30.3 Å². The zero-order chi connectivity index (χ0) is 20.7. The molecule has 0 radical (unpaired) electrons. The lowest BCUT2D eigenvalue weighted by Gasteiger charge is -2.14. The van der Waals surface area contributed by atoms with Crippen molar-refractivity contribution in [3.05, 3.63) is 71.1 Å². The van der Waals surface area contributed by atoms with Crippen LogP contribution in [0.4, 0.5) is 5.69 Å². The molecule has 1 aliphatic rings. The molecule has 1 heterocycles. The number of benzene rings is 2. The number of carbonyl (C=O) groups excluding carboxylic acids is 2. The molecular weight excluding hydrogens is 392 g/mol. The number of amides is 1. The second-order valence-corrected chi connectivity index (χ2v) is 8.17. The molecular formula is C21H22N2O5S. The fraction of sp³-hybridized carbons (Fsp3) is 0.238. The van der Waals surface area contributed by atoms with E-state index in [1.807, 2.05) is 18.2 Å². The zero-order valence-electron chi connectivity index (χ0n) is 15.8. The highest BCUT2D eigenvalue weighted by molar-refractivity contribution is 7.95. The Morgan fingerprint density at radius 2 is 1.66 bits per heavy atom. The van der Waals surface area contributed by atoms with E-state index in [-0.39, 0.29) is 18.1 Å². The molecule has 2 aromatic carbocycles. The minimum atomic E-state index is -3.69. The first-order chi connectivity index (χ1) is 13.9. The molecule has 152 valence electrons. The second-order valence-electron chi connectivity index (χ2n) is 6.60. The summed E-state index contributed by atoms with van der Waals surface area (Å²) in [5.74, 6) is -0.832. The SMILES string of the molecule is O=C(OCC(=O)N1CCCC1)c1ccc(NS(=O)(=O)/C=C/c2ccccc2)cc1. The van der Waals surface area contributed by atoms with Crippen LogP contribution in [0.25, 0.3) is 6.08 Å². The molecule has 0 unspecified atom stereocenters. The van der Waals surface area contributed by atoms with Gasteiger partial charge in [0.25, 0.3) is 15.9 Å². The van der Waals surface area contributed by atoms with Gasteiger partial charge in [-0.15, -0.1) is 0 Å². The lowest BCUT2D eigenvalue weighted by atomic mass is 10.2. The van der Waals surface area contributed by atoms with Crippen LogP contribution < -0.4 is 4.72 Å². The number of hydrogen-bond acceptors (Lipinski definition) is 5. The normalized spacial score (nSPS) is 14.1. The van der Waals surface area contributed by atoms with Gasteiger partial charge >= 0.3 is 5.97 Å². The highest BCUT2D eigenvalue weighted by atomic mass is 32.2. The van der Waals surface area contributed by atoms with E-state index in [1.54, 1.807) is 17.0 Å². The van der Waals surface area contributed by atoms with Gasteiger partial charge in [0.1, 0.15) is 0 Å². The number of carbonyl (C=O) groups is 2. The molecule has 2 aromatic rings. The summed E-state index contributed by atoms with van der Waals surface area (Å²) >= 11 is 0. The number of anilines is 1. The van der Waals surface area contributed by atoms with Crippen LogP contribution >= 0.6 is 0 Å². The summed E-state index contributed by atoms with van der Waals surface area (Å²) < 4.78 is 31.8. The molecule has 0 bridgehead atoms. The van der Waals surface area contributed by atoms with Crippen LogP contribution in [-0.4, -0.2) is 44.9 Å². The minimum absolute atomic E-state index is 0.203. The van der Waals surface area contributed by atoms with Gasteiger partial charge in [0.05, 0.1) is 11.0 Å². The minimum Gasteiger partial charge on any atom is -0.452 e. The number of hydrogen-bond donors (Lipinski definition) is 1. The molecule has 1 fully saturated rings. The molecule has 7 nitrogen and oxygen atoms in total. The van der Waals surface area contributed by atoms with Gasteiger partial charge in [0, 0.05) is 18.8 Å². The van der Waals surface area contributed by atoms with Gasteiger partial charge in [-0.3, -0.25) is 9.52 Å². The number of esters is 1. The molecule has 1 N–H and O–H groups in total. The molecule has 0 saturated carbocycles. The fourth-order valence-corrected chi connectivity index (χ4v) is 3.74. The number of nitrogens with one attached hydrogen (secondary N) is 1. The summed E-state index contributed by atoms with van der Waals surface area (Å²) in [5.41, 5.74) is 1.31. The Morgan fingerprint density at radius 3 is 2.31 bits per heavy atom. The maximum Gasteiger partial charge on any atom is 0.338 e. The monoisotopic (exact) mass is 414 g/mol. The first-order valence-electron chi connectivity index (χ1n) is 9.24. The number of rotatable bonds is 7. The lowest BCUT2D eigenvalue weighted by molar-refractivity contribution is -0.133. The molecule has 0 aliphatic carbocycles. The average molecular weight is 414 g/mol. The predicted octanol–water partition coefficient (Wildman–Crippen LogP) is 2.88. The topological polar surface area (TPSA) is 92.8 Å². The van der Waals surface area contributed by atoms with Crippen LogP contribution in [0.2, 0.25) is 0 Å². The summed E-state index contributed by atoms with van der Waals surface area (Å²) in [6, 6.07) is 14.9. The number of ether oxygens (including phenoxy) is 1. The van der Waals surface area contributed by atoms with Gasteiger partial charge in [0.15, 0.2) is 6.61 Å². The van der Waals surface area contributed by atoms with E-state index in [2.05, 4.69) is 4.72 Å². The smallest absolute Gasteiger partial charge is 0.338 e. The van der Waals surface area contributed by atoms with Crippen molar-refractivity contribution < 1.29 is 22.7 Å². The Balaban J connectivity index is 1.54. The molecule has 8 heteroatoms. The van der Waals surface area contributed by atoms with Crippen molar-refractivity contribution in [2.24, 2.45) is 0 Å². The highest BCUT2D eigenvalue weighted by Crippen LogP contribution is 2.14. The van der Waals surface area contributed by atoms with Gasteiger partial charge in [-0.05, 0) is 48.7 Å². The van der Waals surface area contributed by atoms with E-state index in [0.717, 1.165) is 23.8 Å². The van der Waals surface area contributed by atoms with Crippen LogP contribution in [-0.2, 0) is 19.6 Å². The van der Waals surface area contributed by atoms with Gasteiger partial charge < -0.3 is 9.64 Å². The van der Waals surface area contributed by atoms with E-state index >= 15 is 0 Å². The molecule has 1 amide bonds. The van der Waals surface area contributed by atoms with E-state index in [4.69, 9.17) is 4.74 Å². The Kier molecular flexibility index (Phi) is 6.66. The fourth-order valence-electron chi connectivity index (χ4n) is 2.87. The maximum atomic E-state index is 12.2. The molecule has 1 saturated heterocycles. The Labute approximate surface area is 170 Å². The highest BCUT2D eigenvalue weighted by Gasteiger charge is 2.19. The summed E-state index contributed by atoms with van der Waals surface area (Å²) in [7, 11) is -3.69. The van der Waals surface area contributed by atoms with Crippen LogP contribution in [0.3, 0.4) is 0 Å². The van der Waals surface area contributed by atoms with Crippen LogP contribution in [0.1, 0.15) is 28.8 Å². The first kappa shape index (κ1) is 20.6. The average Bonchev–Trinajstić information content (AvgIpc) is 3.26. The van der Waals surface area contributed by atoms with Crippen molar-refractivity contribution in [2.45, 2.75) is 12.8 Å². The maximum absolute atomic E-state index is 12.2. The molecule has 1 aliphatic heterocycles. The lowest BCUT2D eigenvalue weighted by Crippen LogP contribution is -2.32. The van der Waals surface area contributed by atoms with E-state index in [0.29, 0.717) is 18.8 Å². The number of likely N-dealkylation sites (tertiary alicyclic amines) is 1. The van der Waals surface area contributed by atoms with Gasteiger partial charge in [-0.2, -0.15) is 0 Å². The molecule has 29 heavy (non-hydrogen) atoms. The summed E-state index contributed by atoms with van der Waals surface area (Å²) in [6.45, 7) is 1.10. The standard InChI is InChI=1S/C21H22N2O5S/c24-20(23-13-4-5-14-23)16-28-21(25)18-8-10-19(11-9-18)22-29(26,27)15-12-17-6-2-1-3-7-17/h1-3,6-12,15,22H,4-5,13-14,16H2/b15-12+. The third-order valence-corrected chi connectivity index (χ3v) is 5.42.